The van der Waals surface area contributed by atoms with Crippen molar-refractivity contribution in [1.29, 1.82) is 0 Å². The number of hydrogen-bond acceptors (Lipinski definition) is 1. The number of alkyl halides is 1. The van der Waals surface area contributed by atoms with Crippen LogP contribution in [0.15, 0.2) is 0 Å². The lowest BCUT2D eigenvalue weighted by Crippen LogP contribution is -2.36. The quantitative estimate of drug-likeness (QED) is 0.612. The standard InChI is InChI=1S/C10H18ClN/c11-7-8-12(10-5-6-10)9-3-1-2-4-9/h9-10H,1-8H2. The van der Waals surface area contributed by atoms with Crippen LogP contribution < -0.4 is 0 Å². The lowest BCUT2D eigenvalue weighted by atomic mass is 10.2. The largest absolute Gasteiger partial charge is 0.296 e. The Kier molecular flexibility index (Phi) is 2.92. The summed E-state index contributed by atoms with van der Waals surface area (Å²) in [5.41, 5.74) is 0. The Hall–Kier alpha value is 0.250. The molecule has 0 bridgehead atoms. The lowest BCUT2D eigenvalue weighted by Gasteiger charge is -2.27. The molecule has 0 aromatic carbocycles. The molecule has 0 radical (unpaired) electrons. The second kappa shape index (κ2) is 3.97. The number of hydrogen-bond donors (Lipinski definition) is 0. The van der Waals surface area contributed by atoms with Crippen LogP contribution in [0.5, 0.6) is 0 Å². The molecular formula is C10H18ClN. The van der Waals surface area contributed by atoms with Crippen LogP contribution >= 0.6 is 11.6 Å². The van der Waals surface area contributed by atoms with Crippen molar-refractivity contribution in [3.8, 4) is 0 Å². The van der Waals surface area contributed by atoms with Crippen LogP contribution in [0.4, 0.5) is 0 Å². The Labute approximate surface area is 80.1 Å². The van der Waals surface area contributed by atoms with E-state index in [1.165, 1.54) is 38.5 Å². The van der Waals surface area contributed by atoms with E-state index in [2.05, 4.69) is 4.90 Å². The molecule has 2 aliphatic carbocycles. The monoisotopic (exact) mass is 187 g/mol. The summed E-state index contributed by atoms with van der Waals surface area (Å²) in [6, 6.07) is 1.79. The van der Waals surface area contributed by atoms with E-state index in [9.17, 15) is 0 Å². The fourth-order valence-corrected chi connectivity index (χ4v) is 2.60. The molecule has 0 atom stereocenters. The molecule has 0 saturated heterocycles. The van der Waals surface area contributed by atoms with E-state index in [4.69, 9.17) is 11.6 Å². The third-order valence-electron chi connectivity index (χ3n) is 3.15. The minimum Gasteiger partial charge on any atom is -0.296 e. The average molecular weight is 188 g/mol. The van der Waals surface area contributed by atoms with E-state index in [0.717, 1.165) is 24.5 Å². The summed E-state index contributed by atoms with van der Waals surface area (Å²) in [7, 11) is 0. The predicted molar refractivity (Wildman–Crippen MR) is 52.7 cm³/mol. The van der Waals surface area contributed by atoms with Gasteiger partial charge in [0.15, 0.2) is 0 Å². The normalized spacial score (nSPS) is 25.5. The van der Waals surface area contributed by atoms with Crippen LogP contribution in [0.3, 0.4) is 0 Å². The molecule has 2 saturated carbocycles. The Morgan fingerprint density at radius 2 is 1.58 bits per heavy atom. The highest BCUT2D eigenvalue weighted by atomic mass is 35.5. The maximum atomic E-state index is 5.80. The van der Waals surface area contributed by atoms with E-state index < -0.39 is 0 Å². The molecule has 2 aliphatic rings. The smallest absolute Gasteiger partial charge is 0.0351 e. The van der Waals surface area contributed by atoms with Crippen LogP contribution in [0.25, 0.3) is 0 Å². The van der Waals surface area contributed by atoms with Crippen molar-refractivity contribution in [1.82, 2.24) is 4.90 Å². The van der Waals surface area contributed by atoms with Gasteiger partial charge in [-0.3, -0.25) is 4.90 Å². The van der Waals surface area contributed by atoms with Crippen molar-refractivity contribution in [3.05, 3.63) is 0 Å². The molecule has 0 unspecified atom stereocenters. The summed E-state index contributed by atoms with van der Waals surface area (Å²) >= 11 is 5.80. The van der Waals surface area contributed by atoms with E-state index in [-0.39, 0.29) is 0 Å². The first-order valence-electron chi connectivity index (χ1n) is 5.23. The minimum atomic E-state index is 0.812. The summed E-state index contributed by atoms with van der Waals surface area (Å²) < 4.78 is 0. The zero-order valence-electron chi connectivity index (χ0n) is 7.64. The minimum absolute atomic E-state index is 0.812. The first kappa shape index (κ1) is 8.83. The molecule has 0 aromatic rings. The molecular weight excluding hydrogens is 170 g/mol. The summed E-state index contributed by atoms with van der Waals surface area (Å²) in [6.07, 6.45) is 8.58. The molecule has 70 valence electrons. The van der Waals surface area contributed by atoms with Crippen LogP contribution in [-0.2, 0) is 0 Å². The summed E-state index contributed by atoms with van der Waals surface area (Å²) in [6.45, 7) is 1.12. The van der Waals surface area contributed by atoms with Crippen molar-refractivity contribution in [3.63, 3.8) is 0 Å². The molecule has 0 amide bonds. The second-order valence-electron chi connectivity index (χ2n) is 4.10. The van der Waals surface area contributed by atoms with Crippen LogP contribution in [0.1, 0.15) is 38.5 Å². The molecule has 0 aliphatic heterocycles. The highest BCUT2D eigenvalue weighted by Gasteiger charge is 2.34. The molecule has 2 rings (SSSR count). The number of halogens is 1. The van der Waals surface area contributed by atoms with Gasteiger partial charge in [-0.15, -0.1) is 11.6 Å². The number of rotatable bonds is 4. The van der Waals surface area contributed by atoms with Gasteiger partial charge in [0, 0.05) is 24.5 Å². The highest BCUT2D eigenvalue weighted by molar-refractivity contribution is 6.18. The Bertz CT molecular complexity index is 139. The van der Waals surface area contributed by atoms with E-state index >= 15 is 0 Å². The van der Waals surface area contributed by atoms with Crippen LogP contribution in [0, 0.1) is 0 Å². The fraction of sp³-hybridized carbons (Fsp3) is 1.00. The van der Waals surface area contributed by atoms with Gasteiger partial charge in [-0.1, -0.05) is 12.8 Å². The molecule has 12 heavy (non-hydrogen) atoms. The average Bonchev–Trinajstić information content (AvgIpc) is 2.77. The zero-order valence-corrected chi connectivity index (χ0v) is 8.39. The van der Waals surface area contributed by atoms with Gasteiger partial charge < -0.3 is 0 Å². The summed E-state index contributed by atoms with van der Waals surface area (Å²) in [4.78, 5) is 2.67. The van der Waals surface area contributed by atoms with Gasteiger partial charge in [0.1, 0.15) is 0 Å². The van der Waals surface area contributed by atoms with Gasteiger partial charge in [-0.25, -0.2) is 0 Å². The van der Waals surface area contributed by atoms with Crippen molar-refractivity contribution in [2.45, 2.75) is 50.6 Å². The molecule has 2 heteroatoms. The third-order valence-corrected chi connectivity index (χ3v) is 3.32. The Morgan fingerprint density at radius 1 is 1.00 bits per heavy atom. The molecule has 0 heterocycles. The third kappa shape index (κ3) is 1.94. The Balaban J connectivity index is 1.85. The summed E-state index contributed by atoms with van der Waals surface area (Å²) in [5.74, 6) is 0.812. The van der Waals surface area contributed by atoms with E-state index in [1.807, 2.05) is 0 Å². The van der Waals surface area contributed by atoms with Gasteiger partial charge >= 0.3 is 0 Å². The van der Waals surface area contributed by atoms with Crippen molar-refractivity contribution < 1.29 is 0 Å². The molecule has 0 aromatic heterocycles. The van der Waals surface area contributed by atoms with Crippen molar-refractivity contribution in [2.24, 2.45) is 0 Å². The van der Waals surface area contributed by atoms with Crippen molar-refractivity contribution in [2.75, 3.05) is 12.4 Å². The maximum Gasteiger partial charge on any atom is 0.0351 e. The zero-order chi connectivity index (χ0) is 8.39. The second-order valence-corrected chi connectivity index (χ2v) is 4.47. The molecule has 0 N–H and O–H groups in total. The Morgan fingerprint density at radius 3 is 2.08 bits per heavy atom. The van der Waals surface area contributed by atoms with Gasteiger partial charge in [0.05, 0.1) is 0 Å². The first-order valence-corrected chi connectivity index (χ1v) is 5.77. The molecule has 1 nitrogen and oxygen atoms in total. The first-order chi connectivity index (χ1) is 5.92. The van der Waals surface area contributed by atoms with E-state index in [0.29, 0.717) is 0 Å². The van der Waals surface area contributed by atoms with Gasteiger partial charge in [0.2, 0.25) is 0 Å². The van der Waals surface area contributed by atoms with Gasteiger partial charge in [-0.05, 0) is 25.7 Å². The molecule has 2 fully saturated rings. The lowest BCUT2D eigenvalue weighted by molar-refractivity contribution is 0.200. The van der Waals surface area contributed by atoms with Gasteiger partial charge in [-0.2, -0.15) is 0 Å². The topological polar surface area (TPSA) is 3.24 Å². The summed E-state index contributed by atoms with van der Waals surface area (Å²) in [5, 5.41) is 0. The van der Waals surface area contributed by atoms with Gasteiger partial charge in [0.25, 0.3) is 0 Å². The fourth-order valence-electron chi connectivity index (χ4n) is 2.40. The highest BCUT2D eigenvalue weighted by Crippen LogP contribution is 2.33. The van der Waals surface area contributed by atoms with E-state index in [1.54, 1.807) is 0 Å². The maximum absolute atomic E-state index is 5.80. The SMILES string of the molecule is ClCCN(C1CCCC1)C1CC1. The van der Waals surface area contributed by atoms with Crippen molar-refractivity contribution >= 4 is 11.6 Å². The molecule has 0 spiro atoms. The van der Waals surface area contributed by atoms with Crippen LogP contribution in [-0.4, -0.2) is 29.4 Å². The predicted octanol–water partition coefficient (Wildman–Crippen LogP) is 2.63. The van der Waals surface area contributed by atoms with Crippen LogP contribution in [0.2, 0.25) is 0 Å². The number of nitrogens with zero attached hydrogens (tertiary/aromatic N) is 1.